The Hall–Kier alpha value is -1.95. The number of nitrogens with one attached hydrogen (secondary N) is 1. The molecule has 3 N–H and O–H groups in total. The molecular formula is C14H13ClF3N3. The molecule has 2 aromatic rings. The highest BCUT2D eigenvalue weighted by Gasteiger charge is 2.31. The molecule has 21 heavy (non-hydrogen) atoms. The predicted octanol–water partition coefficient (Wildman–Crippen LogP) is 4.51. The highest BCUT2D eigenvalue weighted by atomic mass is 35.5. The van der Waals surface area contributed by atoms with Crippen LogP contribution >= 0.6 is 11.6 Å². The fraction of sp³-hybridized carbons (Fsp3) is 0.214. The molecule has 7 heteroatoms. The van der Waals surface area contributed by atoms with Crippen LogP contribution in [0.5, 0.6) is 0 Å². The summed E-state index contributed by atoms with van der Waals surface area (Å²) in [6.45, 7) is 1.81. The molecule has 0 spiro atoms. The lowest BCUT2D eigenvalue weighted by atomic mass is 10.1. The molecule has 1 unspecified atom stereocenters. The van der Waals surface area contributed by atoms with Crippen LogP contribution in [0, 0.1) is 0 Å². The lowest BCUT2D eigenvalue weighted by Crippen LogP contribution is -2.12. The summed E-state index contributed by atoms with van der Waals surface area (Å²) in [7, 11) is 0. The number of nitrogens with two attached hydrogens (primary N) is 1. The maximum Gasteiger partial charge on any atom is 0.416 e. The number of alkyl halides is 3. The molecular weight excluding hydrogens is 303 g/mol. The van der Waals surface area contributed by atoms with Gasteiger partial charge >= 0.3 is 6.18 Å². The second kappa shape index (κ2) is 5.81. The number of hydrogen-bond acceptors (Lipinski definition) is 3. The van der Waals surface area contributed by atoms with Crippen molar-refractivity contribution in [2.75, 3.05) is 11.1 Å². The third-order valence-corrected chi connectivity index (χ3v) is 3.16. The predicted molar refractivity (Wildman–Crippen MR) is 77.1 cm³/mol. The van der Waals surface area contributed by atoms with E-state index in [9.17, 15) is 13.2 Å². The van der Waals surface area contributed by atoms with E-state index < -0.39 is 11.7 Å². The average Bonchev–Trinajstić information content (AvgIpc) is 2.37. The first-order valence-electron chi connectivity index (χ1n) is 6.12. The number of pyridine rings is 1. The van der Waals surface area contributed by atoms with E-state index in [0.717, 1.165) is 17.7 Å². The van der Waals surface area contributed by atoms with E-state index in [0.29, 0.717) is 5.02 Å². The van der Waals surface area contributed by atoms with Crippen molar-refractivity contribution in [1.29, 1.82) is 0 Å². The maximum atomic E-state index is 12.7. The minimum Gasteiger partial charge on any atom is -0.384 e. The molecule has 0 saturated carbocycles. The van der Waals surface area contributed by atoms with Crippen LogP contribution in [-0.2, 0) is 6.18 Å². The summed E-state index contributed by atoms with van der Waals surface area (Å²) in [5.41, 5.74) is 5.46. The normalized spacial score (nSPS) is 13.0. The van der Waals surface area contributed by atoms with E-state index in [1.165, 1.54) is 0 Å². The largest absolute Gasteiger partial charge is 0.416 e. The number of halogens is 4. The van der Waals surface area contributed by atoms with Gasteiger partial charge in [0.1, 0.15) is 11.6 Å². The third-order valence-electron chi connectivity index (χ3n) is 2.91. The van der Waals surface area contributed by atoms with Crippen LogP contribution in [0.4, 0.5) is 24.8 Å². The zero-order valence-corrected chi connectivity index (χ0v) is 11.8. The van der Waals surface area contributed by atoms with Crippen LogP contribution in [0.2, 0.25) is 5.02 Å². The lowest BCUT2D eigenvalue weighted by Gasteiger charge is -2.17. The van der Waals surface area contributed by atoms with E-state index in [4.69, 9.17) is 17.3 Å². The Kier molecular flexibility index (Phi) is 4.27. The van der Waals surface area contributed by atoms with Crippen LogP contribution in [0.3, 0.4) is 0 Å². The highest BCUT2D eigenvalue weighted by molar-refractivity contribution is 6.30. The molecule has 0 aliphatic carbocycles. The van der Waals surface area contributed by atoms with Crippen LogP contribution in [0.15, 0.2) is 36.4 Å². The van der Waals surface area contributed by atoms with Crippen LogP contribution < -0.4 is 11.1 Å². The number of aromatic nitrogens is 1. The van der Waals surface area contributed by atoms with Gasteiger partial charge in [-0.2, -0.15) is 13.2 Å². The Morgan fingerprint density at radius 1 is 1.19 bits per heavy atom. The fourth-order valence-corrected chi connectivity index (χ4v) is 1.97. The van der Waals surface area contributed by atoms with E-state index in [-0.39, 0.29) is 17.7 Å². The second-order valence-electron chi connectivity index (χ2n) is 4.58. The van der Waals surface area contributed by atoms with Gasteiger partial charge in [-0.1, -0.05) is 23.7 Å². The van der Waals surface area contributed by atoms with E-state index in [1.54, 1.807) is 31.2 Å². The Morgan fingerprint density at radius 2 is 1.81 bits per heavy atom. The maximum absolute atomic E-state index is 12.7. The van der Waals surface area contributed by atoms with Crippen molar-refractivity contribution in [3.63, 3.8) is 0 Å². The van der Waals surface area contributed by atoms with Gasteiger partial charge < -0.3 is 11.1 Å². The quantitative estimate of drug-likeness (QED) is 0.876. The molecule has 0 bridgehead atoms. The summed E-state index contributed by atoms with van der Waals surface area (Å²) in [5.74, 6) is -0.111. The van der Waals surface area contributed by atoms with Gasteiger partial charge in [-0.15, -0.1) is 0 Å². The van der Waals surface area contributed by atoms with Gasteiger partial charge in [0.05, 0.1) is 5.56 Å². The number of benzene rings is 1. The molecule has 1 heterocycles. The van der Waals surface area contributed by atoms with Crippen LogP contribution in [0.1, 0.15) is 24.1 Å². The number of rotatable bonds is 3. The van der Waals surface area contributed by atoms with Gasteiger partial charge in [0, 0.05) is 11.1 Å². The first-order valence-corrected chi connectivity index (χ1v) is 6.50. The average molecular weight is 316 g/mol. The molecule has 0 saturated heterocycles. The smallest absolute Gasteiger partial charge is 0.384 e. The number of anilines is 2. The molecule has 0 aliphatic heterocycles. The fourth-order valence-electron chi connectivity index (χ4n) is 1.85. The molecule has 0 radical (unpaired) electrons. The molecule has 112 valence electrons. The molecule has 1 aromatic heterocycles. The van der Waals surface area contributed by atoms with Crippen LogP contribution in [-0.4, -0.2) is 4.98 Å². The molecule has 0 amide bonds. The van der Waals surface area contributed by atoms with Crippen LogP contribution in [0.25, 0.3) is 0 Å². The summed E-state index contributed by atoms with van der Waals surface area (Å²) in [6.07, 6.45) is -4.46. The van der Waals surface area contributed by atoms with Crippen molar-refractivity contribution in [1.82, 2.24) is 4.98 Å². The van der Waals surface area contributed by atoms with E-state index in [2.05, 4.69) is 10.3 Å². The zero-order chi connectivity index (χ0) is 15.6. The number of nitrogen functional groups attached to an aromatic ring is 1. The van der Waals surface area contributed by atoms with Crippen molar-refractivity contribution in [3.8, 4) is 0 Å². The van der Waals surface area contributed by atoms with Gasteiger partial charge in [-0.25, -0.2) is 4.98 Å². The Balaban J connectivity index is 2.23. The first-order chi connectivity index (χ1) is 9.75. The topological polar surface area (TPSA) is 50.9 Å². The lowest BCUT2D eigenvalue weighted by molar-refractivity contribution is -0.137. The molecule has 0 fully saturated rings. The SMILES string of the molecule is CC(Nc1cc(C(F)(F)F)cc(N)n1)c1ccc(Cl)cc1. The highest BCUT2D eigenvalue weighted by Crippen LogP contribution is 2.32. The molecule has 2 rings (SSSR count). The van der Waals surface area contributed by atoms with Gasteiger partial charge in [0.15, 0.2) is 0 Å². The molecule has 3 nitrogen and oxygen atoms in total. The summed E-state index contributed by atoms with van der Waals surface area (Å²) >= 11 is 5.79. The van der Waals surface area contributed by atoms with Gasteiger partial charge in [0.2, 0.25) is 0 Å². The van der Waals surface area contributed by atoms with Crippen molar-refractivity contribution < 1.29 is 13.2 Å². The Morgan fingerprint density at radius 3 is 2.38 bits per heavy atom. The van der Waals surface area contributed by atoms with Crippen molar-refractivity contribution >= 4 is 23.2 Å². The monoisotopic (exact) mass is 315 g/mol. The second-order valence-corrected chi connectivity index (χ2v) is 5.02. The number of nitrogens with zero attached hydrogens (tertiary/aromatic N) is 1. The molecule has 1 atom stereocenters. The number of hydrogen-bond donors (Lipinski definition) is 2. The van der Waals surface area contributed by atoms with Crippen molar-refractivity contribution in [3.05, 3.63) is 52.5 Å². The minimum absolute atomic E-state index is 0.0739. The van der Waals surface area contributed by atoms with Crippen molar-refractivity contribution in [2.45, 2.75) is 19.1 Å². The van der Waals surface area contributed by atoms with Gasteiger partial charge in [0.25, 0.3) is 0 Å². The first kappa shape index (κ1) is 15.4. The van der Waals surface area contributed by atoms with Gasteiger partial charge in [-0.05, 0) is 36.8 Å². The van der Waals surface area contributed by atoms with Crippen molar-refractivity contribution in [2.24, 2.45) is 0 Å². The summed E-state index contributed by atoms with van der Waals surface area (Å²) in [6, 6.07) is 8.50. The summed E-state index contributed by atoms with van der Waals surface area (Å²) in [4.78, 5) is 3.87. The Labute approximate surface area is 124 Å². The summed E-state index contributed by atoms with van der Waals surface area (Å²) in [5, 5.41) is 3.49. The van der Waals surface area contributed by atoms with E-state index >= 15 is 0 Å². The Bertz CT molecular complexity index is 626. The summed E-state index contributed by atoms with van der Waals surface area (Å²) < 4.78 is 38.2. The molecule has 1 aromatic carbocycles. The van der Waals surface area contributed by atoms with E-state index in [1.807, 2.05) is 0 Å². The standard InChI is InChI=1S/C14H13ClF3N3/c1-8(9-2-4-11(15)5-3-9)20-13-7-10(14(16,17)18)6-12(19)21-13/h2-8H,1H3,(H3,19,20,21). The third kappa shape index (κ3) is 4.01. The minimum atomic E-state index is -4.46. The zero-order valence-electron chi connectivity index (χ0n) is 11.1. The molecule has 0 aliphatic rings. The van der Waals surface area contributed by atoms with Gasteiger partial charge in [-0.3, -0.25) is 0 Å².